The van der Waals surface area contributed by atoms with Crippen LogP contribution >= 0.6 is 0 Å². The molecule has 0 atom stereocenters. The van der Waals surface area contributed by atoms with E-state index < -0.39 is 0 Å². The third kappa shape index (κ3) is 3.37. The van der Waals surface area contributed by atoms with Crippen molar-refractivity contribution in [1.82, 2.24) is 9.97 Å². The van der Waals surface area contributed by atoms with Crippen LogP contribution in [0.1, 0.15) is 0 Å². The molecule has 3 heteroatoms. The summed E-state index contributed by atoms with van der Waals surface area (Å²) < 4.78 is 6.18. The molecule has 0 saturated carbocycles. The zero-order chi connectivity index (χ0) is 23.2. The van der Waals surface area contributed by atoms with Gasteiger partial charge in [-0.1, -0.05) is 66.7 Å². The highest BCUT2D eigenvalue weighted by Gasteiger charge is 2.15. The molecular formula is C32H20N2O. The third-order valence-corrected chi connectivity index (χ3v) is 6.53. The molecule has 0 saturated heterocycles. The van der Waals surface area contributed by atoms with E-state index in [9.17, 15) is 0 Å². The number of fused-ring (bicyclic) bond motifs is 3. The minimum absolute atomic E-state index is 0.614. The Bertz CT molecular complexity index is 1760. The highest BCUT2D eigenvalue weighted by atomic mass is 16.3. The topological polar surface area (TPSA) is 38.9 Å². The Morgan fingerprint density at radius 2 is 1.23 bits per heavy atom. The fourth-order valence-electron chi connectivity index (χ4n) is 4.92. The van der Waals surface area contributed by atoms with Crippen LogP contribution in [0.4, 0.5) is 0 Å². The first-order chi connectivity index (χ1) is 17.3. The normalized spacial score (nSPS) is 11.4. The van der Waals surface area contributed by atoms with Crippen molar-refractivity contribution in [1.29, 1.82) is 0 Å². The minimum atomic E-state index is 0.614. The van der Waals surface area contributed by atoms with E-state index in [2.05, 4.69) is 83.8 Å². The summed E-state index contributed by atoms with van der Waals surface area (Å²) in [5, 5.41) is 4.88. The number of para-hydroxylation sites is 2. The van der Waals surface area contributed by atoms with Crippen LogP contribution in [0.2, 0.25) is 0 Å². The van der Waals surface area contributed by atoms with Gasteiger partial charge in [0.1, 0.15) is 5.52 Å². The minimum Gasteiger partial charge on any atom is -0.436 e. The van der Waals surface area contributed by atoms with Crippen molar-refractivity contribution in [3.8, 4) is 33.7 Å². The monoisotopic (exact) mass is 448 g/mol. The molecule has 164 valence electrons. The van der Waals surface area contributed by atoms with Gasteiger partial charge in [-0.2, -0.15) is 0 Å². The van der Waals surface area contributed by atoms with E-state index in [1.807, 2.05) is 36.5 Å². The van der Waals surface area contributed by atoms with Crippen molar-refractivity contribution < 1.29 is 4.42 Å². The van der Waals surface area contributed by atoms with Gasteiger partial charge in [0.2, 0.25) is 5.89 Å². The zero-order valence-electron chi connectivity index (χ0n) is 18.8. The number of oxazole rings is 1. The summed E-state index contributed by atoms with van der Waals surface area (Å²) in [6.07, 6.45) is 3.70. The van der Waals surface area contributed by atoms with Crippen molar-refractivity contribution in [3.63, 3.8) is 0 Å². The Balaban J connectivity index is 1.56. The summed E-state index contributed by atoms with van der Waals surface area (Å²) in [6, 6.07) is 37.9. The molecule has 0 aliphatic heterocycles. The van der Waals surface area contributed by atoms with Gasteiger partial charge < -0.3 is 4.42 Å². The molecule has 0 amide bonds. The molecule has 5 aromatic carbocycles. The van der Waals surface area contributed by atoms with Gasteiger partial charge in [-0.3, -0.25) is 4.98 Å². The van der Waals surface area contributed by atoms with Crippen LogP contribution in [-0.4, -0.2) is 9.97 Å². The molecule has 0 bridgehead atoms. The van der Waals surface area contributed by atoms with Crippen LogP contribution in [0.25, 0.3) is 66.4 Å². The molecular weight excluding hydrogens is 428 g/mol. The van der Waals surface area contributed by atoms with Crippen molar-refractivity contribution in [2.24, 2.45) is 0 Å². The maximum absolute atomic E-state index is 6.18. The van der Waals surface area contributed by atoms with Gasteiger partial charge >= 0.3 is 0 Å². The smallest absolute Gasteiger partial charge is 0.227 e. The highest BCUT2D eigenvalue weighted by molar-refractivity contribution is 6.13. The first-order valence-corrected chi connectivity index (χ1v) is 11.7. The molecule has 2 heterocycles. The second-order valence-corrected chi connectivity index (χ2v) is 8.72. The van der Waals surface area contributed by atoms with Crippen LogP contribution < -0.4 is 0 Å². The van der Waals surface area contributed by atoms with E-state index in [-0.39, 0.29) is 0 Å². The van der Waals surface area contributed by atoms with Crippen molar-refractivity contribution in [3.05, 3.63) is 122 Å². The Labute approximate surface area is 202 Å². The summed E-state index contributed by atoms with van der Waals surface area (Å²) >= 11 is 0. The van der Waals surface area contributed by atoms with Gasteiger partial charge in [0.25, 0.3) is 0 Å². The number of hydrogen-bond donors (Lipinski definition) is 0. The van der Waals surface area contributed by atoms with Gasteiger partial charge in [-0.05, 0) is 80.7 Å². The lowest BCUT2D eigenvalue weighted by molar-refractivity contribution is 0.620. The second-order valence-electron chi connectivity index (χ2n) is 8.72. The Morgan fingerprint density at radius 1 is 0.543 bits per heavy atom. The zero-order valence-corrected chi connectivity index (χ0v) is 18.8. The molecule has 0 unspecified atom stereocenters. The predicted octanol–water partition coefficient (Wildman–Crippen LogP) is 8.53. The second kappa shape index (κ2) is 7.93. The number of hydrogen-bond acceptors (Lipinski definition) is 3. The molecule has 35 heavy (non-hydrogen) atoms. The van der Waals surface area contributed by atoms with Gasteiger partial charge in [-0.15, -0.1) is 0 Å². The lowest BCUT2D eigenvalue weighted by Gasteiger charge is -2.14. The van der Waals surface area contributed by atoms with Gasteiger partial charge in [0, 0.05) is 23.5 Å². The third-order valence-electron chi connectivity index (χ3n) is 6.53. The van der Waals surface area contributed by atoms with E-state index in [1.165, 1.54) is 27.1 Å². The van der Waals surface area contributed by atoms with E-state index in [1.54, 1.807) is 6.20 Å². The number of benzene rings is 5. The first kappa shape index (κ1) is 19.7. The highest BCUT2D eigenvalue weighted by Crippen LogP contribution is 2.40. The molecule has 2 aromatic heterocycles. The van der Waals surface area contributed by atoms with Crippen LogP contribution in [0.3, 0.4) is 0 Å². The quantitative estimate of drug-likeness (QED) is 0.254. The largest absolute Gasteiger partial charge is 0.436 e. The van der Waals surface area contributed by atoms with Crippen molar-refractivity contribution >= 4 is 32.6 Å². The maximum atomic E-state index is 6.18. The maximum Gasteiger partial charge on any atom is 0.227 e. The van der Waals surface area contributed by atoms with Crippen molar-refractivity contribution in [2.75, 3.05) is 0 Å². The molecule has 7 rings (SSSR count). The number of rotatable bonds is 3. The van der Waals surface area contributed by atoms with Gasteiger partial charge in [-0.25, -0.2) is 4.98 Å². The number of pyridine rings is 1. The summed E-state index contributed by atoms with van der Waals surface area (Å²) in [4.78, 5) is 9.16. The number of nitrogens with zero attached hydrogens (tertiary/aromatic N) is 2. The van der Waals surface area contributed by atoms with E-state index in [0.717, 1.165) is 33.4 Å². The van der Waals surface area contributed by atoms with Crippen LogP contribution in [0, 0.1) is 0 Å². The molecule has 7 aromatic rings. The molecule has 0 spiro atoms. The molecule has 0 N–H and O–H groups in total. The SMILES string of the molecule is c1cncc(-c2cc(-c3nc4ccccc4o3)cc(-c3c4ccccc4cc4ccccc34)c2)c1. The Morgan fingerprint density at radius 3 is 1.97 bits per heavy atom. The molecule has 0 aliphatic rings. The van der Waals surface area contributed by atoms with E-state index >= 15 is 0 Å². The average Bonchev–Trinajstić information content (AvgIpc) is 3.36. The average molecular weight is 449 g/mol. The van der Waals surface area contributed by atoms with Crippen LogP contribution in [0.15, 0.2) is 126 Å². The Hall–Kier alpha value is -4.76. The fourth-order valence-corrected chi connectivity index (χ4v) is 4.92. The lowest BCUT2D eigenvalue weighted by Crippen LogP contribution is -1.89. The van der Waals surface area contributed by atoms with E-state index in [0.29, 0.717) is 5.89 Å². The number of aromatic nitrogens is 2. The summed E-state index contributed by atoms with van der Waals surface area (Å²) in [5.74, 6) is 0.614. The fraction of sp³-hybridized carbons (Fsp3) is 0. The standard InChI is InChI=1S/C32H20N2O/c1-3-11-27-21(8-1)16-22-9-2-4-12-28(22)31(27)25-17-24(23-10-7-15-33-20-23)18-26(19-25)32-34-29-13-5-6-14-30(29)35-32/h1-20H. The van der Waals surface area contributed by atoms with Gasteiger partial charge in [0.05, 0.1) is 0 Å². The van der Waals surface area contributed by atoms with Crippen LogP contribution in [0.5, 0.6) is 0 Å². The predicted molar refractivity (Wildman–Crippen MR) is 143 cm³/mol. The van der Waals surface area contributed by atoms with Crippen LogP contribution in [-0.2, 0) is 0 Å². The molecule has 0 fully saturated rings. The summed E-state index contributed by atoms with van der Waals surface area (Å²) in [5.41, 5.74) is 7.03. The van der Waals surface area contributed by atoms with Crippen molar-refractivity contribution in [2.45, 2.75) is 0 Å². The summed E-state index contributed by atoms with van der Waals surface area (Å²) in [7, 11) is 0. The molecule has 3 nitrogen and oxygen atoms in total. The molecule has 0 aliphatic carbocycles. The first-order valence-electron chi connectivity index (χ1n) is 11.7. The summed E-state index contributed by atoms with van der Waals surface area (Å²) in [6.45, 7) is 0. The van der Waals surface area contributed by atoms with Gasteiger partial charge in [0.15, 0.2) is 5.58 Å². The lowest BCUT2D eigenvalue weighted by atomic mass is 9.89. The molecule has 0 radical (unpaired) electrons. The van der Waals surface area contributed by atoms with E-state index in [4.69, 9.17) is 9.40 Å². The Kier molecular flexibility index (Phi) is 4.46.